The number of anilines is 1. The highest BCUT2D eigenvalue weighted by molar-refractivity contribution is 9.10. The molecule has 2 aromatic rings. The molecule has 0 fully saturated rings. The lowest BCUT2D eigenvalue weighted by atomic mass is 10.1. The van der Waals surface area contributed by atoms with Gasteiger partial charge >= 0.3 is 0 Å². The third kappa shape index (κ3) is 1.74. The van der Waals surface area contributed by atoms with Crippen LogP contribution in [0.3, 0.4) is 0 Å². The van der Waals surface area contributed by atoms with Crippen LogP contribution >= 0.6 is 15.9 Å². The maximum Gasteiger partial charge on any atom is 0.172 e. The third-order valence-electron chi connectivity index (χ3n) is 2.11. The second kappa shape index (κ2) is 3.66. The average Bonchev–Trinajstić information content (AvgIpc) is 2.61. The molecule has 0 spiro atoms. The molecule has 0 radical (unpaired) electrons. The van der Waals surface area contributed by atoms with Crippen molar-refractivity contribution in [2.24, 2.45) is 0 Å². The molecular weight excluding hydrogens is 263 g/mol. The van der Waals surface area contributed by atoms with Crippen molar-refractivity contribution in [3.8, 4) is 11.3 Å². The maximum atomic E-state index is 13.8. The maximum absolute atomic E-state index is 13.8. The predicted molar refractivity (Wildman–Crippen MR) is 58.7 cm³/mol. The summed E-state index contributed by atoms with van der Waals surface area (Å²) in [6, 6.07) is 4.87. The molecule has 0 aliphatic carbocycles. The molecule has 0 saturated carbocycles. The molecule has 0 atom stereocenters. The molecule has 1 heterocycles. The molecule has 78 valence electrons. The van der Waals surface area contributed by atoms with Crippen molar-refractivity contribution in [3.63, 3.8) is 0 Å². The van der Waals surface area contributed by atoms with Crippen molar-refractivity contribution in [1.29, 1.82) is 0 Å². The topological polar surface area (TPSA) is 52.0 Å². The molecule has 2 rings (SSSR count). The summed E-state index contributed by atoms with van der Waals surface area (Å²) in [5, 5.41) is 3.51. The van der Waals surface area contributed by atoms with Gasteiger partial charge in [-0.1, -0.05) is 21.1 Å². The van der Waals surface area contributed by atoms with Crippen LogP contribution in [0, 0.1) is 12.7 Å². The number of hydrogen-bond acceptors (Lipinski definition) is 3. The summed E-state index contributed by atoms with van der Waals surface area (Å²) < 4.78 is 19.4. The Morgan fingerprint density at radius 1 is 1.47 bits per heavy atom. The summed E-state index contributed by atoms with van der Waals surface area (Å²) in [4.78, 5) is 0. The van der Waals surface area contributed by atoms with Crippen LogP contribution in [-0.2, 0) is 0 Å². The highest BCUT2D eigenvalue weighted by atomic mass is 79.9. The Labute approximate surface area is 94.2 Å². The largest absolute Gasteiger partial charge is 0.381 e. The molecule has 0 saturated heterocycles. The van der Waals surface area contributed by atoms with Gasteiger partial charge in [0.2, 0.25) is 0 Å². The van der Waals surface area contributed by atoms with Crippen molar-refractivity contribution in [2.45, 2.75) is 6.92 Å². The van der Waals surface area contributed by atoms with Crippen molar-refractivity contribution < 1.29 is 8.91 Å². The number of nitrogen functional groups attached to an aromatic ring is 1. The van der Waals surface area contributed by atoms with Gasteiger partial charge in [0.05, 0.1) is 5.56 Å². The molecule has 0 aliphatic heterocycles. The van der Waals surface area contributed by atoms with Gasteiger partial charge in [0.15, 0.2) is 11.6 Å². The minimum Gasteiger partial charge on any atom is -0.381 e. The third-order valence-corrected chi connectivity index (χ3v) is 2.97. The highest BCUT2D eigenvalue weighted by Crippen LogP contribution is 2.29. The van der Waals surface area contributed by atoms with Crippen LogP contribution in [-0.4, -0.2) is 5.16 Å². The molecule has 5 heteroatoms. The fourth-order valence-corrected chi connectivity index (χ4v) is 1.57. The van der Waals surface area contributed by atoms with E-state index < -0.39 is 0 Å². The summed E-state index contributed by atoms with van der Waals surface area (Å²) in [6.45, 7) is 1.68. The minimum atomic E-state index is -0.333. The van der Waals surface area contributed by atoms with E-state index in [0.717, 1.165) is 4.47 Å². The van der Waals surface area contributed by atoms with Gasteiger partial charge < -0.3 is 10.3 Å². The lowest BCUT2D eigenvalue weighted by Gasteiger charge is -2.03. The summed E-state index contributed by atoms with van der Waals surface area (Å²) in [5.41, 5.74) is 6.29. The first-order valence-electron chi connectivity index (χ1n) is 4.26. The normalized spacial score (nSPS) is 10.6. The van der Waals surface area contributed by atoms with Gasteiger partial charge in [-0.3, -0.25) is 0 Å². The molecule has 0 aliphatic rings. The SMILES string of the molecule is Cc1c(Br)ccc(-c2cc(N)no2)c1F. The zero-order valence-electron chi connectivity index (χ0n) is 7.92. The molecule has 1 aromatic carbocycles. The van der Waals surface area contributed by atoms with Crippen LogP contribution < -0.4 is 5.73 Å². The molecular formula is C10H8BrFN2O. The second-order valence-corrected chi connectivity index (χ2v) is 4.00. The van der Waals surface area contributed by atoms with Crippen LogP contribution in [0.4, 0.5) is 10.2 Å². The molecule has 1 aromatic heterocycles. The summed E-state index contributed by atoms with van der Waals surface area (Å²) in [5.74, 6) is 0.242. The highest BCUT2D eigenvalue weighted by Gasteiger charge is 2.13. The van der Waals surface area contributed by atoms with Crippen LogP contribution in [0.2, 0.25) is 0 Å². The Morgan fingerprint density at radius 3 is 2.80 bits per heavy atom. The first-order valence-corrected chi connectivity index (χ1v) is 5.06. The van der Waals surface area contributed by atoms with Gasteiger partial charge in [-0.2, -0.15) is 0 Å². The van der Waals surface area contributed by atoms with E-state index in [2.05, 4.69) is 21.1 Å². The fraction of sp³-hybridized carbons (Fsp3) is 0.100. The number of nitrogens with zero attached hydrogens (tertiary/aromatic N) is 1. The standard InChI is InChI=1S/C10H8BrFN2O/c1-5-7(11)3-2-6(10(5)12)8-4-9(13)14-15-8/h2-4H,1H3,(H2,13,14). The second-order valence-electron chi connectivity index (χ2n) is 3.15. The van der Waals surface area contributed by atoms with E-state index in [1.807, 2.05) is 0 Å². The number of rotatable bonds is 1. The molecule has 0 bridgehead atoms. The molecule has 2 N–H and O–H groups in total. The van der Waals surface area contributed by atoms with E-state index in [1.54, 1.807) is 19.1 Å². The van der Waals surface area contributed by atoms with Gasteiger partial charge in [0.25, 0.3) is 0 Å². The summed E-state index contributed by atoms with van der Waals surface area (Å²) >= 11 is 3.25. The Balaban J connectivity index is 2.59. The lowest BCUT2D eigenvalue weighted by molar-refractivity contribution is 0.433. The fourth-order valence-electron chi connectivity index (χ4n) is 1.27. The van der Waals surface area contributed by atoms with Gasteiger partial charge in [0.1, 0.15) is 5.82 Å². The van der Waals surface area contributed by atoms with Gasteiger partial charge in [-0.15, -0.1) is 0 Å². The predicted octanol–water partition coefficient (Wildman–Crippen LogP) is 3.13. The van der Waals surface area contributed by atoms with E-state index in [1.165, 1.54) is 6.07 Å². The molecule has 0 unspecified atom stereocenters. The first kappa shape index (κ1) is 10.2. The van der Waals surface area contributed by atoms with Crippen molar-refractivity contribution in [2.75, 3.05) is 5.73 Å². The van der Waals surface area contributed by atoms with E-state index >= 15 is 0 Å². The van der Waals surface area contributed by atoms with Crippen molar-refractivity contribution in [1.82, 2.24) is 5.16 Å². The molecule has 3 nitrogen and oxygen atoms in total. The minimum absolute atomic E-state index is 0.241. The van der Waals surface area contributed by atoms with E-state index in [4.69, 9.17) is 10.3 Å². The van der Waals surface area contributed by atoms with Gasteiger partial charge in [-0.25, -0.2) is 4.39 Å². The van der Waals surface area contributed by atoms with Crippen molar-refractivity contribution in [3.05, 3.63) is 34.1 Å². The number of benzene rings is 1. The molecule has 15 heavy (non-hydrogen) atoms. The lowest BCUT2D eigenvalue weighted by Crippen LogP contribution is -1.88. The zero-order chi connectivity index (χ0) is 11.0. The van der Waals surface area contributed by atoms with E-state index in [0.29, 0.717) is 16.9 Å². The monoisotopic (exact) mass is 270 g/mol. The average molecular weight is 271 g/mol. The van der Waals surface area contributed by atoms with Crippen LogP contribution in [0.5, 0.6) is 0 Å². The van der Waals surface area contributed by atoms with Crippen LogP contribution in [0.1, 0.15) is 5.56 Å². The Morgan fingerprint density at radius 2 is 2.20 bits per heavy atom. The summed E-state index contributed by atoms with van der Waals surface area (Å²) in [7, 11) is 0. The van der Waals surface area contributed by atoms with Gasteiger partial charge in [0, 0.05) is 10.5 Å². The van der Waals surface area contributed by atoms with Crippen LogP contribution in [0.25, 0.3) is 11.3 Å². The quantitative estimate of drug-likeness (QED) is 0.866. The smallest absolute Gasteiger partial charge is 0.172 e. The summed E-state index contributed by atoms with van der Waals surface area (Å²) in [6.07, 6.45) is 0. The first-order chi connectivity index (χ1) is 7.09. The number of nitrogens with two attached hydrogens (primary N) is 1. The zero-order valence-corrected chi connectivity index (χ0v) is 9.51. The Kier molecular flexibility index (Phi) is 2.48. The van der Waals surface area contributed by atoms with E-state index in [9.17, 15) is 4.39 Å². The van der Waals surface area contributed by atoms with Crippen LogP contribution in [0.15, 0.2) is 27.2 Å². The number of aromatic nitrogens is 1. The van der Waals surface area contributed by atoms with E-state index in [-0.39, 0.29) is 11.6 Å². The number of halogens is 2. The Bertz CT molecular complexity index is 510. The van der Waals surface area contributed by atoms with Gasteiger partial charge in [-0.05, 0) is 24.6 Å². The number of hydrogen-bond donors (Lipinski definition) is 1. The molecule has 0 amide bonds. The van der Waals surface area contributed by atoms with Crippen molar-refractivity contribution >= 4 is 21.7 Å². The Hall–Kier alpha value is -1.36.